The van der Waals surface area contributed by atoms with Crippen LogP contribution in [0.25, 0.3) is 0 Å². The Balaban J connectivity index is 0. The molecule has 0 rings (SSSR count). The smallest absolute Gasteiger partial charge is 0.0586 e. The molecule has 0 aliphatic carbocycles. The third kappa shape index (κ3) is 40.9. The standard InChI is InChI=1S/C37H78P.ClH/c1-5-6-7-8-9-10-11-12-13-14-15-16-17-18-19-20-21-22-23-24-25-26-27-28-29-30-31-32-33-34-35-36-37-38(2,3)4;/h5-37H2,1-4H3;1H/q+1;/p-1. The molecule has 39 heavy (non-hydrogen) atoms. The molecule has 2 heteroatoms. The minimum absolute atomic E-state index is 0. The number of halogens is 1. The summed E-state index contributed by atoms with van der Waals surface area (Å²) in [7, 11) is -0.519. The molecule has 0 spiro atoms. The van der Waals surface area contributed by atoms with Gasteiger partial charge in [0.15, 0.2) is 0 Å². The van der Waals surface area contributed by atoms with E-state index in [1.54, 1.807) is 0 Å². The summed E-state index contributed by atoms with van der Waals surface area (Å²) in [4.78, 5) is 0. The number of hydrogen-bond acceptors (Lipinski definition) is 0. The first-order valence-electron chi connectivity index (χ1n) is 18.4. The summed E-state index contributed by atoms with van der Waals surface area (Å²) >= 11 is 0. The predicted octanol–water partition coefficient (Wildman–Crippen LogP) is 11.4. The Hall–Kier alpha value is 0.720. The molecule has 0 saturated carbocycles. The van der Waals surface area contributed by atoms with Crippen molar-refractivity contribution in [2.45, 2.75) is 212 Å². The zero-order chi connectivity index (χ0) is 27.8. The Bertz CT molecular complexity index is 416. The summed E-state index contributed by atoms with van der Waals surface area (Å²) in [5, 5.41) is 0. The van der Waals surface area contributed by atoms with E-state index < -0.39 is 7.26 Å². The molecule has 0 heterocycles. The van der Waals surface area contributed by atoms with Crippen LogP contribution in [0, 0.1) is 0 Å². The molecule has 0 nitrogen and oxygen atoms in total. The van der Waals surface area contributed by atoms with Crippen molar-refractivity contribution < 1.29 is 12.4 Å². The van der Waals surface area contributed by atoms with E-state index in [1.165, 1.54) is 212 Å². The van der Waals surface area contributed by atoms with Crippen LogP contribution in [0.1, 0.15) is 212 Å². The van der Waals surface area contributed by atoms with Gasteiger partial charge < -0.3 is 12.4 Å². The summed E-state index contributed by atoms with van der Waals surface area (Å²) in [6.07, 6.45) is 49.1. The summed E-state index contributed by atoms with van der Waals surface area (Å²) in [6, 6.07) is 0. The van der Waals surface area contributed by atoms with Gasteiger partial charge in [-0.05, 0) is 12.8 Å². The first-order valence-corrected chi connectivity index (χ1v) is 21.7. The van der Waals surface area contributed by atoms with E-state index in [0.29, 0.717) is 0 Å². The average Bonchev–Trinajstić information content (AvgIpc) is 2.88. The highest BCUT2D eigenvalue weighted by atomic mass is 35.5. The zero-order valence-corrected chi connectivity index (χ0v) is 29.8. The summed E-state index contributed by atoms with van der Waals surface area (Å²) in [5.74, 6) is 0. The Morgan fingerprint density at radius 2 is 0.410 bits per heavy atom. The lowest BCUT2D eigenvalue weighted by molar-refractivity contribution is -0.00000872. The molecule has 0 aliphatic heterocycles. The van der Waals surface area contributed by atoms with E-state index in [9.17, 15) is 0 Å². The second-order valence-corrected chi connectivity index (χ2v) is 19.0. The summed E-state index contributed by atoms with van der Waals surface area (Å²) in [6.45, 7) is 9.75. The molecule has 0 amide bonds. The molecule has 0 aromatic carbocycles. The van der Waals surface area contributed by atoms with Gasteiger partial charge in [0.1, 0.15) is 0 Å². The number of unbranched alkanes of at least 4 members (excludes halogenated alkanes) is 31. The molecule has 0 unspecified atom stereocenters. The lowest BCUT2D eigenvalue weighted by Gasteiger charge is -2.10. The van der Waals surface area contributed by atoms with Crippen molar-refractivity contribution in [3.8, 4) is 0 Å². The van der Waals surface area contributed by atoms with Crippen LogP contribution in [-0.4, -0.2) is 26.2 Å². The van der Waals surface area contributed by atoms with Crippen molar-refractivity contribution in [1.29, 1.82) is 0 Å². The van der Waals surface area contributed by atoms with Gasteiger partial charge >= 0.3 is 0 Å². The normalized spacial score (nSPS) is 11.7. The van der Waals surface area contributed by atoms with Crippen molar-refractivity contribution >= 4 is 7.26 Å². The highest BCUT2D eigenvalue weighted by Gasteiger charge is 2.15. The molecule has 0 bridgehead atoms. The minimum atomic E-state index is -0.519. The van der Waals surface area contributed by atoms with Crippen LogP contribution >= 0.6 is 7.26 Å². The second kappa shape index (κ2) is 34.9. The van der Waals surface area contributed by atoms with Gasteiger partial charge in [0.05, 0.1) is 6.16 Å². The van der Waals surface area contributed by atoms with Crippen molar-refractivity contribution in [3.05, 3.63) is 0 Å². The molecule has 0 aromatic rings. The topological polar surface area (TPSA) is 0 Å². The quantitative estimate of drug-likeness (QED) is 0.0528. The third-order valence-corrected chi connectivity index (χ3v) is 10.3. The molecule has 0 atom stereocenters. The second-order valence-electron chi connectivity index (χ2n) is 14.0. The Morgan fingerprint density at radius 1 is 0.256 bits per heavy atom. The van der Waals surface area contributed by atoms with E-state index in [4.69, 9.17) is 0 Å². The SMILES string of the molecule is CCCCCCCCCCCCCCCCCCCCCCCCCCCCCCCCCC[P+](C)(C)C.[Cl-]. The average molecular weight is 589 g/mol. The van der Waals surface area contributed by atoms with Crippen LogP contribution in [0.2, 0.25) is 0 Å². The van der Waals surface area contributed by atoms with Crippen molar-refractivity contribution in [3.63, 3.8) is 0 Å². The van der Waals surface area contributed by atoms with Crippen molar-refractivity contribution in [1.82, 2.24) is 0 Å². The lowest BCUT2D eigenvalue weighted by Crippen LogP contribution is -3.00. The molecule has 0 saturated heterocycles. The molecule has 0 aliphatic rings. The number of rotatable bonds is 33. The minimum Gasteiger partial charge on any atom is -1.00 e. The molecule has 238 valence electrons. The first-order chi connectivity index (χ1) is 18.6. The largest absolute Gasteiger partial charge is 1.00 e. The zero-order valence-electron chi connectivity index (χ0n) is 28.2. The summed E-state index contributed by atoms with van der Waals surface area (Å²) in [5.41, 5.74) is 0. The Labute approximate surface area is 257 Å². The van der Waals surface area contributed by atoms with Gasteiger partial charge in [-0.25, -0.2) is 0 Å². The maximum absolute atomic E-state index is 2.48. The van der Waals surface area contributed by atoms with Crippen LogP contribution in [0.15, 0.2) is 0 Å². The van der Waals surface area contributed by atoms with Gasteiger partial charge in [-0.3, -0.25) is 0 Å². The Morgan fingerprint density at radius 3 is 0.564 bits per heavy atom. The molecular formula is C37H78ClP. The van der Waals surface area contributed by atoms with Gasteiger partial charge in [-0.1, -0.05) is 200 Å². The molecule has 0 N–H and O–H groups in total. The van der Waals surface area contributed by atoms with E-state index in [1.807, 2.05) is 0 Å². The van der Waals surface area contributed by atoms with Gasteiger partial charge in [-0.15, -0.1) is 0 Å². The van der Waals surface area contributed by atoms with Gasteiger partial charge in [0.25, 0.3) is 0 Å². The highest BCUT2D eigenvalue weighted by Crippen LogP contribution is 2.47. The highest BCUT2D eigenvalue weighted by molar-refractivity contribution is 7.73. The summed E-state index contributed by atoms with van der Waals surface area (Å²) < 4.78 is 0. The van der Waals surface area contributed by atoms with E-state index in [-0.39, 0.29) is 12.4 Å². The predicted molar refractivity (Wildman–Crippen MR) is 183 cm³/mol. The number of hydrogen-bond donors (Lipinski definition) is 0. The van der Waals surface area contributed by atoms with Gasteiger partial charge in [0, 0.05) is 27.3 Å². The van der Waals surface area contributed by atoms with Crippen LogP contribution in [0.5, 0.6) is 0 Å². The first kappa shape index (κ1) is 41.9. The fourth-order valence-corrected chi connectivity index (χ4v) is 7.13. The molecule has 0 aromatic heterocycles. The fraction of sp³-hybridized carbons (Fsp3) is 1.00. The van der Waals surface area contributed by atoms with E-state index in [2.05, 4.69) is 26.9 Å². The molecule has 0 radical (unpaired) electrons. The van der Waals surface area contributed by atoms with Crippen LogP contribution in [0.4, 0.5) is 0 Å². The van der Waals surface area contributed by atoms with Crippen LogP contribution < -0.4 is 12.4 Å². The molecule has 0 fully saturated rings. The van der Waals surface area contributed by atoms with Crippen LogP contribution in [-0.2, 0) is 0 Å². The van der Waals surface area contributed by atoms with E-state index in [0.717, 1.165) is 0 Å². The molecular weight excluding hydrogens is 511 g/mol. The van der Waals surface area contributed by atoms with Crippen LogP contribution in [0.3, 0.4) is 0 Å². The van der Waals surface area contributed by atoms with Gasteiger partial charge in [-0.2, -0.15) is 0 Å². The van der Waals surface area contributed by atoms with Gasteiger partial charge in [0.2, 0.25) is 0 Å². The monoisotopic (exact) mass is 589 g/mol. The third-order valence-electron chi connectivity index (χ3n) is 8.68. The maximum atomic E-state index is 2.48. The Kier molecular flexibility index (Phi) is 37.5. The van der Waals surface area contributed by atoms with Crippen molar-refractivity contribution in [2.24, 2.45) is 0 Å². The maximum Gasteiger partial charge on any atom is 0.0586 e. The van der Waals surface area contributed by atoms with Crippen molar-refractivity contribution in [2.75, 3.05) is 26.2 Å². The van der Waals surface area contributed by atoms with E-state index >= 15 is 0 Å². The fourth-order valence-electron chi connectivity index (χ4n) is 5.96. The lowest BCUT2D eigenvalue weighted by atomic mass is 10.0.